The molecule has 1 aromatic carbocycles. The van der Waals surface area contributed by atoms with E-state index in [2.05, 4.69) is 31.1 Å². The van der Waals surface area contributed by atoms with Crippen LogP contribution in [0.2, 0.25) is 0 Å². The molecule has 2 atom stereocenters. The summed E-state index contributed by atoms with van der Waals surface area (Å²) in [5.41, 5.74) is 0.0239. The second-order valence-corrected chi connectivity index (χ2v) is 8.06. The third kappa shape index (κ3) is 3.91. The van der Waals surface area contributed by atoms with Crippen molar-refractivity contribution in [3.05, 3.63) is 42.7 Å². The highest BCUT2D eigenvalue weighted by Crippen LogP contribution is 2.35. The number of halogens is 1. The van der Waals surface area contributed by atoms with Gasteiger partial charge < -0.3 is 15.1 Å². The number of carbonyl (C=O) groups is 1. The van der Waals surface area contributed by atoms with Crippen molar-refractivity contribution in [2.24, 2.45) is 5.92 Å². The van der Waals surface area contributed by atoms with Gasteiger partial charge in [0.25, 0.3) is 0 Å². The number of likely N-dealkylation sites (tertiary alicyclic amines) is 1. The molecule has 5 nitrogen and oxygen atoms in total. The molecule has 2 N–H and O–H groups in total. The third-order valence-electron chi connectivity index (χ3n) is 5.99. The van der Waals surface area contributed by atoms with Gasteiger partial charge >= 0.3 is 0 Å². The van der Waals surface area contributed by atoms with E-state index < -0.39 is 0 Å². The highest BCUT2D eigenvalue weighted by atomic mass is 32.1. The normalized spacial score (nSPS) is 22.4. The number of piperidine rings is 1. The molecule has 1 amide bonds. The maximum atomic E-state index is 13.9. The van der Waals surface area contributed by atoms with Crippen molar-refractivity contribution < 1.29 is 9.18 Å². The summed E-state index contributed by atoms with van der Waals surface area (Å²) in [6, 6.07) is 6.35. The molecule has 152 valence electrons. The molecule has 28 heavy (non-hydrogen) atoms. The van der Waals surface area contributed by atoms with E-state index in [4.69, 9.17) is 12.2 Å². The van der Waals surface area contributed by atoms with Crippen molar-refractivity contribution in [3.8, 4) is 0 Å². The van der Waals surface area contributed by atoms with Gasteiger partial charge in [-0.05, 0) is 30.3 Å². The Balaban J connectivity index is 1.68. The number of thiocarbonyl (C=S) groups is 1. The number of rotatable bonds is 5. The van der Waals surface area contributed by atoms with Gasteiger partial charge in [0.2, 0.25) is 5.91 Å². The molecule has 0 radical (unpaired) electrons. The summed E-state index contributed by atoms with van der Waals surface area (Å²) < 4.78 is 13.9. The number of carbonyl (C=O) groups excluding carboxylic acids is 1. The Hall–Kier alpha value is -1.99. The molecule has 2 fully saturated rings. The lowest BCUT2D eigenvalue weighted by atomic mass is 9.95. The van der Waals surface area contributed by atoms with E-state index >= 15 is 0 Å². The Bertz CT molecular complexity index is 748. The van der Waals surface area contributed by atoms with Crippen LogP contribution in [0.15, 0.2) is 36.9 Å². The van der Waals surface area contributed by atoms with Gasteiger partial charge in [-0.2, -0.15) is 0 Å². The van der Waals surface area contributed by atoms with Crippen LogP contribution < -0.4 is 10.6 Å². The lowest BCUT2D eigenvalue weighted by molar-refractivity contribution is -0.133. The summed E-state index contributed by atoms with van der Waals surface area (Å²) in [4.78, 5) is 17.0. The van der Waals surface area contributed by atoms with Crippen LogP contribution >= 0.6 is 12.2 Å². The number of nitrogens with zero attached hydrogens (tertiary/aromatic N) is 2. The van der Waals surface area contributed by atoms with E-state index in [0.717, 1.165) is 19.3 Å². The first-order valence-electron chi connectivity index (χ1n) is 9.92. The zero-order valence-electron chi connectivity index (χ0n) is 16.6. The summed E-state index contributed by atoms with van der Waals surface area (Å²) in [7, 11) is 0. The van der Waals surface area contributed by atoms with Crippen LogP contribution in [0.1, 0.15) is 33.1 Å². The zero-order valence-corrected chi connectivity index (χ0v) is 17.4. The Morgan fingerprint density at radius 2 is 2.14 bits per heavy atom. The number of anilines is 1. The van der Waals surface area contributed by atoms with Crippen molar-refractivity contribution in [1.82, 2.24) is 15.1 Å². The maximum absolute atomic E-state index is 13.9. The molecule has 2 heterocycles. The molecule has 2 aliphatic heterocycles. The summed E-state index contributed by atoms with van der Waals surface area (Å²) in [6.07, 6.45) is 4.26. The van der Waals surface area contributed by atoms with Crippen molar-refractivity contribution in [1.29, 1.82) is 0 Å². The maximum Gasteiger partial charge on any atom is 0.241 e. The van der Waals surface area contributed by atoms with Gasteiger partial charge in [-0.1, -0.05) is 38.5 Å². The number of hydrogen-bond donors (Lipinski definition) is 2. The molecule has 1 spiro atoms. The highest BCUT2D eigenvalue weighted by molar-refractivity contribution is 7.80. The summed E-state index contributed by atoms with van der Waals surface area (Å²) in [6.45, 7) is 9.98. The van der Waals surface area contributed by atoms with E-state index in [1.165, 1.54) is 6.07 Å². The van der Waals surface area contributed by atoms with Crippen LogP contribution in [0.4, 0.5) is 10.1 Å². The molecule has 0 saturated carbocycles. The van der Waals surface area contributed by atoms with Crippen LogP contribution in [0.25, 0.3) is 0 Å². The molecule has 1 aromatic rings. The molecular formula is C21H29FN4OS. The van der Waals surface area contributed by atoms with Crippen LogP contribution in [0.3, 0.4) is 0 Å². The van der Waals surface area contributed by atoms with Crippen molar-refractivity contribution in [2.45, 2.75) is 44.8 Å². The van der Waals surface area contributed by atoms with Gasteiger partial charge in [0.15, 0.2) is 5.11 Å². The van der Waals surface area contributed by atoms with Crippen LogP contribution in [-0.2, 0) is 4.79 Å². The van der Waals surface area contributed by atoms with E-state index in [1.807, 2.05) is 9.80 Å². The van der Waals surface area contributed by atoms with Crippen molar-refractivity contribution in [2.75, 3.05) is 25.0 Å². The molecule has 2 saturated heterocycles. The van der Waals surface area contributed by atoms with Gasteiger partial charge in [0.05, 0.1) is 17.4 Å². The lowest BCUT2D eigenvalue weighted by Gasteiger charge is -2.45. The highest BCUT2D eigenvalue weighted by Gasteiger charge is 2.52. The minimum atomic E-state index is -0.358. The first-order valence-corrected chi connectivity index (χ1v) is 10.3. The van der Waals surface area contributed by atoms with Crippen molar-refractivity contribution in [3.63, 3.8) is 0 Å². The first kappa shape index (κ1) is 20.7. The van der Waals surface area contributed by atoms with Crippen LogP contribution in [0, 0.1) is 11.7 Å². The molecule has 3 rings (SSSR count). The molecule has 0 bridgehead atoms. The SMILES string of the molecule is C=CCN1C(=O)[C@@H]([C@@H](C)CC)NC12CCN(C(=S)Nc1ccccc1F)CC2. The van der Waals surface area contributed by atoms with Gasteiger partial charge in [-0.15, -0.1) is 6.58 Å². The topological polar surface area (TPSA) is 47.6 Å². The predicted octanol–water partition coefficient (Wildman–Crippen LogP) is 3.35. The molecule has 7 heteroatoms. The second kappa shape index (κ2) is 8.57. The van der Waals surface area contributed by atoms with E-state index in [0.29, 0.717) is 30.4 Å². The van der Waals surface area contributed by atoms with E-state index in [-0.39, 0.29) is 29.3 Å². The van der Waals surface area contributed by atoms with Crippen LogP contribution in [-0.4, -0.2) is 52.2 Å². The summed E-state index contributed by atoms with van der Waals surface area (Å²) >= 11 is 5.50. The fourth-order valence-electron chi connectivity index (χ4n) is 4.07. The van der Waals surface area contributed by atoms with E-state index in [9.17, 15) is 9.18 Å². The Morgan fingerprint density at radius 3 is 2.75 bits per heavy atom. The Kier molecular flexibility index (Phi) is 6.35. The van der Waals surface area contributed by atoms with Crippen LogP contribution in [0.5, 0.6) is 0 Å². The smallest absolute Gasteiger partial charge is 0.241 e. The minimum Gasteiger partial charge on any atom is -0.349 e. The summed E-state index contributed by atoms with van der Waals surface area (Å²) in [5, 5.41) is 7.16. The third-order valence-corrected chi connectivity index (χ3v) is 6.35. The lowest BCUT2D eigenvalue weighted by Crippen LogP contribution is -2.60. The average molecular weight is 405 g/mol. The Morgan fingerprint density at radius 1 is 1.46 bits per heavy atom. The van der Waals surface area contributed by atoms with E-state index in [1.54, 1.807) is 24.3 Å². The monoisotopic (exact) mass is 404 g/mol. The largest absolute Gasteiger partial charge is 0.349 e. The van der Waals surface area contributed by atoms with Gasteiger partial charge in [0.1, 0.15) is 5.82 Å². The number of benzene rings is 1. The summed E-state index contributed by atoms with van der Waals surface area (Å²) in [5.74, 6) is 0.116. The van der Waals surface area contributed by atoms with Crippen molar-refractivity contribution >= 4 is 28.9 Å². The van der Waals surface area contributed by atoms with Gasteiger partial charge in [-0.3, -0.25) is 10.1 Å². The first-order chi connectivity index (χ1) is 13.4. The second-order valence-electron chi connectivity index (χ2n) is 7.67. The average Bonchev–Trinajstić information content (AvgIpc) is 2.96. The number of para-hydroxylation sites is 1. The molecule has 2 aliphatic rings. The number of nitrogens with one attached hydrogen (secondary N) is 2. The molecule has 0 aliphatic carbocycles. The zero-order chi connectivity index (χ0) is 20.3. The van der Waals surface area contributed by atoms with Gasteiger partial charge in [0, 0.05) is 32.5 Å². The quantitative estimate of drug-likeness (QED) is 0.582. The molecular weight excluding hydrogens is 375 g/mol. The predicted molar refractivity (Wildman–Crippen MR) is 114 cm³/mol. The fraction of sp³-hybridized carbons (Fsp3) is 0.524. The molecule has 0 aromatic heterocycles. The fourth-order valence-corrected chi connectivity index (χ4v) is 4.37. The Labute approximate surface area is 172 Å². The molecule has 0 unspecified atom stereocenters. The number of hydrogen-bond acceptors (Lipinski definition) is 3. The standard InChI is InChI=1S/C21H29FN4OS/c1-4-12-26-19(27)18(15(3)5-2)24-21(26)10-13-25(14-11-21)20(28)23-17-9-7-6-8-16(17)22/h4,6-9,15,18,24H,1,5,10-14H2,2-3H3,(H,23,28)/t15-,18+/m0/s1. The minimum absolute atomic E-state index is 0.153. The number of amides is 1. The van der Waals surface area contributed by atoms with Gasteiger partial charge in [-0.25, -0.2) is 4.39 Å².